The molecule has 2 aromatic heterocycles. The Morgan fingerprint density at radius 1 is 1.23 bits per heavy atom. The van der Waals surface area contributed by atoms with Gasteiger partial charge in [0.05, 0.1) is 19.6 Å². The molecule has 0 saturated carbocycles. The van der Waals surface area contributed by atoms with Gasteiger partial charge in [0.15, 0.2) is 0 Å². The topological polar surface area (TPSA) is 60.8 Å². The maximum absolute atomic E-state index is 13.5. The molecule has 1 aliphatic rings. The third kappa shape index (κ3) is 4.07. The van der Waals surface area contributed by atoms with Gasteiger partial charge in [-0.25, -0.2) is 0 Å². The summed E-state index contributed by atoms with van der Waals surface area (Å²) in [5, 5.41) is 3.10. The van der Waals surface area contributed by atoms with Gasteiger partial charge in [0.25, 0.3) is 5.91 Å². The monoisotopic (exact) mass is 426 g/mol. The summed E-state index contributed by atoms with van der Waals surface area (Å²) >= 11 is 1.63. The molecular formula is C23H26N2O4S. The highest BCUT2D eigenvalue weighted by molar-refractivity contribution is 7.16. The SMILES string of the molecule is CCOC(=O)C1CCCN(C(=O)c2cc3ccsc3n2Cc2cccc(OC)c2)C1. The van der Waals surface area contributed by atoms with E-state index in [1.165, 1.54) is 0 Å². The average molecular weight is 427 g/mol. The fourth-order valence-electron chi connectivity index (χ4n) is 4.04. The summed E-state index contributed by atoms with van der Waals surface area (Å²) in [5.41, 5.74) is 1.72. The van der Waals surface area contributed by atoms with E-state index >= 15 is 0 Å². The van der Waals surface area contributed by atoms with Gasteiger partial charge < -0.3 is 18.9 Å². The zero-order valence-electron chi connectivity index (χ0n) is 17.3. The number of hydrogen-bond acceptors (Lipinski definition) is 5. The zero-order chi connectivity index (χ0) is 21.1. The molecule has 1 aliphatic heterocycles. The summed E-state index contributed by atoms with van der Waals surface area (Å²) in [7, 11) is 1.65. The quantitative estimate of drug-likeness (QED) is 0.555. The minimum Gasteiger partial charge on any atom is -0.497 e. The summed E-state index contributed by atoms with van der Waals surface area (Å²) in [5.74, 6) is 0.312. The van der Waals surface area contributed by atoms with E-state index in [9.17, 15) is 9.59 Å². The Morgan fingerprint density at radius 2 is 2.10 bits per heavy atom. The number of thiophene rings is 1. The van der Waals surface area contributed by atoms with Crippen LogP contribution in [0.15, 0.2) is 41.8 Å². The molecular weight excluding hydrogens is 400 g/mol. The summed E-state index contributed by atoms with van der Waals surface area (Å²) in [6.07, 6.45) is 1.57. The van der Waals surface area contributed by atoms with Crippen LogP contribution in [0.1, 0.15) is 35.8 Å². The van der Waals surface area contributed by atoms with Gasteiger partial charge in [-0.2, -0.15) is 0 Å². The Balaban J connectivity index is 1.62. The molecule has 30 heavy (non-hydrogen) atoms. The molecule has 4 rings (SSSR count). The molecule has 1 unspecified atom stereocenters. The van der Waals surface area contributed by atoms with Crippen molar-refractivity contribution in [3.05, 3.63) is 53.0 Å². The van der Waals surface area contributed by atoms with E-state index in [4.69, 9.17) is 9.47 Å². The molecule has 6 nitrogen and oxygen atoms in total. The lowest BCUT2D eigenvalue weighted by Crippen LogP contribution is -2.43. The van der Waals surface area contributed by atoms with Crippen LogP contribution in [0.5, 0.6) is 5.75 Å². The van der Waals surface area contributed by atoms with E-state index in [1.54, 1.807) is 23.3 Å². The molecule has 0 spiro atoms. The molecule has 1 atom stereocenters. The summed E-state index contributed by atoms with van der Waals surface area (Å²) in [6.45, 7) is 3.82. The van der Waals surface area contributed by atoms with Crippen LogP contribution in [-0.2, 0) is 16.1 Å². The molecule has 1 amide bonds. The molecule has 0 bridgehead atoms. The number of fused-ring (bicyclic) bond motifs is 1. The number of benzene rings is 1. The molecule has 7 heteroatoms. The van der Waals surface area contributed by atoms with Gasteiger partial charge >= 0.3 is 5.97 Å². The highest BCUT2D eigenvalue weighted by atomic mass is 32.1. The fraction of sp³-hybridized carbons (Fsp3) is 0.391. The Bertz CT molecular complexity index is 1050. The van der Waals surface area contributed by atoms with Crippen molar-refractivity contribution >= 4 is 33.4 Å². The number of esters is 1. The van der Waals surface area contributed by atoms with Gasteiger partial charge in [-0.05, 0) is 55.0 Å². The lowest BCUT2D eigenvalue weighted by Gasteiger charge is -2.31. The molecule has 3 heterocycles. The van der Waals surface area contributed by atoms with Gasteiger partial charge in [-0.3, -0.25) is 9.59 Å². The van der Waals surface area contributed by atoms with Crippen molar-refractivity contribution in [2.24, 2.45) is 5.92 Å². The van der Waals surface area contributed by atoms with E-state index in [0.29, 0.717) is 31.9 Å². The standard InChI is InChI=1S/C23H26N2O4S/c1-3-29-23(27)18-7-5-10-24(15-18)21(26)20-13-17-9-11-30-22(17)25(20)14-16-6-4-8-19(12-16)28-2/h4,6,8-9,11-13,18H,3,5,7,10,14-15H2,1-2H3. The van der Waals surface area contributed by atoms with Crippen molar-refractivity contribution in [1.29, 1.82) is 0 Å². The minimum atomic E-state index is -0.245. The van der Waals surface area contributed by atoms with Crippen LogP contribution in [0.3, 0.4) is 0 Å². The van der Waals surface area contributed by atoms with E-state index in [0.717, 1.165) is 34.4 Å². The van der Waals surface area contributed by atoms with Gasteiger partial charge in [0.1, 0.15) is 16.3 Å². The van der Waals surface area contributed by atoms with Crippen molar-refractivity contribution in [3.8, 4) is 5.75 Å². The molecule has 1 aromatic carbocycles. The smallest absolute Gasteiger partial charge is 0.310 e. The molecule has 3 aromatic rings. The van der Waals surface area contributed by atoms with Crippen molar-refractivity contribution < 1.29 is 19.1 Å². The maximum Gasteiger partial charge on any atom is 0.310 e. The number of likely N-dealkylation sites (tertiary alicyclic amines) is 1. The number of piperidine rings is 1. The Morgan fingerprint density at radius 3 is 2.90 bits per heavy atom. The predicted octanol–water partition coefficient (Wildman–Crippen LogP) is 4.18. The first kappa shape index (κ1) is 20.5. The van der Waals surface area contributed by atoms with Crippen LogP contribution in [0.4, 0.5) is 0 Å². The lowest BCUT2D eigenvalue weighted by atomic mass is 9.98. The number of carbonyl (C=O) groups excluding carboxylic acids is 2. The highest BCUT2D eigenvalue weighted by Gasteiger charge is 2.31. The number of carbonyl (C=O) groups is 2. The number of ether oxygens (including phenoxy) is 2. The van der Waals surface area contributed by atoms with E-state index in [1.807, 2.05) is 48.7 Å². The van der Waals surface area contributed by atoms with Crippen LogP contribution in [0.2, 0.25) is 0 Å². The molecule has 0 radical (unpaired) electrons. The second kappa shape index (κ2) is 8.92. The van der Waals surface area contributed by atoms with Crippen LogP contribution in [-0.4, -0.2) is 48.1 Å². The second-order valence-electron chi connectivity index (χ2n) is 7.49. The lowest BCUT2D eigenvalue weighted by molar-refractivity contribution is -0.149. The first-order valence-corrected chi connectivity index (χ1v) is 11.1. The summed E-state index contributed by atoms with van der Waals surface area (Å²) < 4.78 is 12.6. The van der Waals surface area contributed by atoms with Crippen LogP contribution in [0.25, 0.3) is 10.2 Å². The van der Waals surface area contributed by atoms with Crippen molar-refractivity contribution in [2.75, 3.05) is 26.8 Å². The number of nitrogens with zero attached hydrogens (tertiary/aromatic N) is 2. The highest BCUT2D eigenvalue weighted by Crippen LogP contribution is 2.29. The summed E-state index contributed by atoms with van der Waals surface area (Å²) in [4.78, 5) is 28.5. The summed E-state index contributed by atoms with van der Waals surface area (Å²) in [6, 6.07) is 11.9. The van der Waals surface area contributed by atoms with Gasteiger partial charge in [-0.15, -0.1) is 11.3 Å². The van der Waals surface area contributed by atoms with Crippen LogP contribution >= 0.6 is 11.3 Å². The number of aromatic nitrogens is 1. The Labute approximate surface area is 180 Å². The molecule has 158 valence electrons. The van der Waals surface area contributed by atoms with Gasteiger partial charge in [0.2, 0.25) is 0 Å². The largest absolute Gasteiger partial charge is 0.497 e. The molecule has 1 saturated heterocycles. The number of rotatable bonds is 6. The third-order valence-electron chi connectivity index (χ3n) is 5.52. The Hall–Kier alpha value is -2.80. The average Bonchev–Trinajstić information content (AvgIpc) is 3.36. The number of amides is 1. The fourth-order valence-corrected chi connectivity index (χ4v) is 4.94. The van der Waals surface area contributed by atoms with Crippen molar-refractivity contribution in [1.82, 2.24) is 9.47 Å². The first-order chi connectivity index (χ1) is 14.6. The minimum absolute atomic E-state index is 0.0321. The number of hydrogen-bond donors (Lipinski definition) is 0. The zero-order valence-corrected chi connectivity index (χ0v) is 18.1. The maximum atomic E-state index is 13.5. The van der Waals surface area contributed by atoms with E-state index in [2.05, 4.69) is 4.57 Å². The van der Waals surface area contributed by atoms with Crippen LogP contribution in [0, 0.1) is 5.92 Å². The molecule has 1 fully saturated rings. The van der Waals surface area contributed by atoms with Crippen molar-refractivity contribution in [2.45, 2.75) is 26.3 Å². The van der Waals surface area contributed by atoms with Gasteiger partial charge in [-0.1, -0.05) is 12.1 Å². The molecule has 0 aliphatic carbocycles. The first-order valence-electron chi connectivity index (χ1n) is 10.3. The van der Waals surface area contributed by atoms with E-state index in [-0.39, 0.29) is 17.8 Å². The molecule has 0 N–H and O–H groups in total. The van der Waals surface area contributed by atoms with Crippen LogP contribution < -0.4 is 4.74 Å². The predicted molar refractivity (Wildman–Crippen MR) is 117 cm³/mol. The second-order valence-corrected chi connectivity index (χ2v) is 8.39. The number of methoxy groups -OCH3 is 1. The normalized spacial score (nSPS) is 16.6. The Kier molecular flexibility index (Phi) is 6.08. The van der Waals surface area contributed by atoms with E-state index < -0.39 is 0 Å². The third-order valence-corrected chi connectivity index (χ3v) is 6.48. The van der Waals surface area contributed by atoms with Crippen molar-refractivity contribution in [3.63, 3.8) is 0 Å². The van der Waals surface area contributed by atoms with Gasteiger partial charge in [0, 0.05) is 25.0 Å².